The first-order valence-corrected chi connectivity index (χ1v) is 8.55. The molecule has 0 aliphatic rings. The van der Waals surface area contributed by atoms with Gasteiger partial charge in [0.1, 0.15) is 11.5 Å². The smallest absolute Gasteiger partial charge is 0.119 e. The summed E-state index contributed by atoms with van der Waals surface area (Å²) in [5.74, 6) is 1.68. The molecule has 0 amide bonds. The number of ether oxygens (including phenoxy) is 2. The molecular weight excluding hydrogens is 314 g/mol. The Bertz CT molecular complexity index is 659. The molecule has 0 unspecified atom stereocenters. The van der Waals surface area contributed by atoms with Crippen LogP contribution >= 0.6 is 0 Å². The summed E-state index contributed by atoms with van der Waals surface area (Å²) in [6, 6.07) is 15.2. The van der Waals surface area contributed by atoms with E-state index in [1.165, 1.54) is 0 Å². The summed E-state index contributed by atoms with van der Waals surface area (Å²) in [5.41, 5.74) is 1.59. The summed E-state index contributed by atoms with van der Waals surface area (Å²) in [4.78, 5) is 0. The van der Waals surface area contributed by atoms with Crippen molar-refractivity contribution in [1.82, 2.24) is 0 Å². The molecule has 2 aromatic carbocycles. The van der Waals surface area contributed by atoms with Gasteiger partial charge in [0, 0.05) is 0 Å². The molecule has 0 aliphatic carbocycles. The van der Waals surface area contributed by atoms with Crippen molar-refractivity contribution in [2.24, 2.45) is 10.2 Å². The number of hydrogen-bond acceptors (Lipinski definition) is 4. The van der Waals surface area contributed by atoms with Crippen molar-refractivity contribution in [3.63, 3.8) is 0 Å². The number of nitrogens with zero attached hydrogens (tertiary/aromatic N) is 3. The first-order valence-electron chi connectivity index (χ1n) is 8.55. The minimum absolute atomic E-state index is 0.743. The van der Waals surface area contributed by atoms with Crippen molar-refractivity contribution >= 4 is 11.4 Å². The molecule has 2 rings (SSSR count). The molecule has 0 atom stereocenters. The van der Waals surface area contributed by atoms with Gasteiger partial charge in [0.15, 0.2) is 0 Å². The molecule has 5 heteroatoms. The Labute approximate surface area is 150 Å². The number of quaternary nitrogens is 1. The zero-order valence-electron chi connectivity index (χ0n) is 15.6. The Hall–Kier alpha value is -2.40. The van der Waals surface area contributed by atoms with Crippen LogP contribution < -0.4 is 9.47 Å². The summed E-state index contributed by atoms with van der Waals surface area (Å²) in [5, 5.41) is 8.45. The molecule has 0 saturated carbocycles. The molecule has 2 aromatic rings. The lowest BCUT2D eigenvalue weighted by atomic mass is 10.3. The van der Waals surface area contributed by atoms with Crippen LogP contribution in [0.3, 0.4) is 0 Å². The van der Waals surface area contributed by atoms with E-state index in [9.17, 15) is 0 Å². The predicted molar refractivity (Wildman–Crippen MR) is 101 cm³/mol. The molecular formula is C20H28N3O2+. The number of rotatable bonds is 9. The minimum atomic E-state index is 0.743. The topological polar surface area (TPSA) is 43.2 Å². The van der Waals surface area contributed by atoms with Crippen LogP contribution in [0, 0.1) is 0 Å². The SMILES string of the molecule is COc1ccc(N=Nc2ccc(OCCCC[N+](C)(C)C)cc2)cc1. The Morgan fingerprint density at radius 2 is 1.28 bits per heavy atom. The summed E-state index contributed by atoms with van der Waals surface area (Å²) in [6.07, 6.45) is 2.23. The van der Waals surface area contributed by atoms with E-state index in [-0.39, 0.29) is 0 Å². The highest BCUT2D eigenvalue weighted by atomic mass is 16.5. The van der Waals surface area contributed by atoms with Gasteiger partial charge in [0.25, 0.3) is 0 Å². The number of hydrogen-bond donors (Lipinski definition) is 0. The molecule has 0 aliphatic heterocycles. The van der Waals surface area contributed by atoms with Crippen LogP contribution in [0.2, 0.25) is 0 Å². The van der Waals surface area contributed by atoms with Crippen molar-refractivity contribution in [3.05, 3.63) is 48.5 Å². The lowest BCUT2D eigenvalue weighted by Gasteiger charge is -2.23. The number of methoxy groups -OCH3 is 1. The third kappa shape index (κ3) is 7.35. The van der Waals surface area contributed by atoms with Gasteiger partial charge in [-0.25, -0.2) is 0 Å². The van der Waals surface area contributed by atoms with E-state index >= 15 is 0 Å². The van der Waals surface area contributed by atoms with Gasteiger partial charge >= 0.3 is 0 Å². The molecule has 0 spiro atoms. The van der Waals surface area contributed by atoms with E-state index in [4.69, 9.17) is 9.47 Å². The van der Waals surface area contributed by atoms with Gasteiger partial charge in [-0.15, -0.1) is 0 Å². The quantitative estimate of drug-likeness (QED) is 0.366. The third-order valence-corrected chi connectivity index (χ3v) is 3.68. The highest BCUT2D eigenvalue weighted by Crippen LogP contribution is 2.23. The second-order valence-corrected chi connectivity index (χ2v) is 6.96. The summed E-state index contributed by atoms with van der Waals surface area (Å²) < 4.78 is 11.9. The zero-order chi connectivity index (χ0) is 18.1. The van der Waals surface area contributed by atoms with Crippen molar-refractivity contribution in [2.45, 2.75) is 12.8 Å². The summed E-state index contributed by atoms with van der Waals surface area (Å²) in [6.45, 7) is 1.90. The van der Waals surface area contributed by atoms with Crippen LogP contribution in [-0.2, 0) is 0 Å². The lowest BCUT2D eigenvalue weighted by molar-refractivity contribution is -0.870. The average molecular weight is 342 g/mol. The van der Waals surface area contributed by atoms with E-state index < -0.39 is 0 Å². The van der Waals surface area contributed by atoms with Gasteiger partial charge in [0.2, 0.25) is 0 Å². The lowest BCUT2D eigenvalue weighted by Crippen LogP contribution is -2.35. The average Bonchev–Trinajstić information content (AvgIpc) is 2.60. The third-order valence-electron chi connectivity index (χ3n) is 3.68. The maximum atomic E-state index is 5.77. The monoisotopic (exact) mass is 342 g/mol. The number of unbranched alkanes of at least 4 members (excludes halogenated alkanes) is 1. The van der Waals surface area contributed by atoms with E-state index in [0.717, 1.165) is 53.4 Å². The molecule has 0 radical (unpaired) electrons. The van der Waals surface area contributed by atoms with Gasteiger partial charge < -0.3 is 14.0 Å². The molecule has 0 bridgehead atoms. The maximum Gasteiger partial charge on any atom is 0.119 e. The van der Waals surface area contributed by atoms with Crippen LogP contribution in [0.4, 0.5) is 11.4 Å². The molecule has 0 fully saturated rings. The molecule has 134 valence electrons. The van der Waals surface area contributed by atoms with Crippen LogP contribution in [-0.4, -0.2) is 45.9 Å². The first-order chi connectivity index (χ1) is 12.0. The fourth-order valence-corrected chi connectivity index (χ4v) is 2.25. The van der Waals surface area contributed by atoms with Crippen LogP contribution in [0.25, 0.3) is 0 Å². The van der Waals surface area contributed by atoms with E-state index in [1.807, 2.05) is 48.5 Å². The standard InChI is InChI=1S/C20H28N3O2/c1-23(2,3)15-5-6-16-25-20-13-9-18(10-14-20)22-21-17-7-11-19(24-4)12-8-17/h7-14H,5-6,15-16H2,1-4H3/q+1. The fraction of sp³-hybridized carbons (Fsp3) is 0.400. The van der Waals surface area contributed by atoms with Gasteiger partial charge in [0.05, 0.1) is 52.8 Å². The Balaban J connectivity index is 1.78. The van der Waals surface area contributed by atoms with Crippen molar-refractivity contribution in [2.75, 3.05) is 41.4 Å². The van der Waals surface area contributed by atoms with Crippen LogP contribution in [0.5, 0.6) is 11.5 Å². The van der Waals surface area contributed by atoms with Gasteiger partial charge in [-0.3, -0.25) is 0 Å². The van der Waals surface area contributed by atoms with E-state index in [0.29, 0.717) is 0 Å². The van der Waals surface area contributed by atoms with Gasteiger partial charge in [-0.2, -0.15) is 10.2 Å². The minimum Gasteiger partial charge on any atom is -0.497 e. The van der Waals surface area contributed by atoms with Crippen molar-refractivity contribution in [1.29, 1.82) is 0 Å². The Morgan fingerprint density at radius 3 is 1.76 bits per heavy atom. The highest BCUT2D eigenvalue weighted by Gasteiger charge is 2.05. The van der Waals surface area contributed by atoms with Crippen LogP contribution in [0.15, 0.2) is 58.8 Å². The van der Waals surface area contributed by atoms with E-state index in [2.05, 4.69) is 31.4 Å². The predicted octanol–water partition coefficient (Wildman–Crippen LogP) is 4.98. The van der Waals surface area contributed by atoms with Crippen molar-refractivity contribution in [3.8, 4) is 11.5 Å². The Morgan fingerprint density at radius 1 is 0.760 bits per heavy atom. The van der Waals surface area contributed by atoms with E-state index in [1.54, 1.807) is 7.11 Å². The molecule has 0 heterocycles. The Kier molecular flexibility index (Phi) is 6.95. The number of azo groups is 1. The summed E-state index contributed by atoms with van der Waals surface area (Å²) in [7, 11) is 8.27. The second-order valence-electron chi connectivity index (χ2n) is 6.96. The van der Waals surface area contributed by atoms with Crippen LogP contribution in [0.1, 0.15) is 12.8 Å². The van der Waals surface area contributed by atoms with Gasteiger partial charge in [-0.1, -0.05) is 0 Å². The maximum absolute atomic E-state index is 5.77. The molecule has 0 aromatic heterocycles. The largest absolute Gasteiger partial charge is 0.497 e. The zero-order valence-corrected chi connectivity index (χ0v) is 15.6. The van der Waals surface area contributed by atoms with Crippen molar-refractivity contribution < 1.29 is 14.0 Å². The highest BCUT2D eigenvalue weighted by molar-refractivity contribution is 5.44. The first kappa shape index (κ1) is 18.9. The molecule has 25 heavy (non-hydrogen) atoms. The fourth-order valence-electron chi connectivity index (χ4n) is 2.25. The molecule has 5 nitrogen and oxygen atoms in total. The normalized spacial score (nSPS) is 11.7. The number of benzene rings is 2. The molecule has 0 saturated heterocycles. The second kappa shape index (κ2) is 9.18. The summed E-state index contributed by atoms with van der Waals surface area (Å²) >= 11 is 0. The van der Waals surface area contributed by atoms with Gasteiger partial charge in [-0.05, 0) is 61.4 Å². The molecule has 0 N–H and O–H groups in total.